The molecule has 0 saturated heterocycles. The third-order valence-electron chi connectivity index (χ3n) is 1.71. The van der Waals surface area contributed by atoms with Gasteiger partial charge in [0, 0.05) is 0 Å². The molecule has 0 saturated carbocycles. The summed E-state index contributed by atoms with van der Waals surface area (Å²) >= 11 is 0. The molecule has 0 radical (unpaired) electrons. The summed E-state index contributed by atoms with van der Waals surface area (Å²) in [5.41, 5.74) is 0. The molecule has 0 rings (SSSR count). The molecule has 0 amide bonds. The van der Waals surface area contributed by atoms with Crippen LogP contribution in [0.2, 0.25) is 0 Å². The first-order valence-corrected chi connectivity index (χ1v) is 4.49. The molecule has 0 spiro atoms. The molecule has 0 aromatic rings. The van der Waals surface area contributed by atoms with Crippen molar-refractivity contribution in [2.24, 2.45) is 0 Å². The largest absolute Gasteiger partial charge is 0.468 e. The number of rotatable bonds is 9. The first-order valence-electron chi connectivity index (χ1n) is 4.49. The average Bonchev–Trinajstić information content (AvgIpc) is 2.13. The van der Waals surface area contributed by atoms with Crippen LogP contribution in [0.3, 0.4) is 0 Å². The zero-order valence-corrected chi connectivity index (χ0v) is 7.90. The molecule has 1 atom stereocenters. The number of hydrogen-bond donors (Lipinski definition) is 0. The van der Waals surface area contributed by atoms with E-state index in [1.165, 1.54) is 0 Å². The molecule has 4 nitrogen and oxygen atoms in total. The van der Waals surface area contributed by atoms with Crippen molar-refractivity contribution >= 4 is 12.9 Å². The van der Waals surface area contributed by atoms with E-state index in [4.69, 9.17) is 4.74 Å². The predicted octanol–water partition coefficient (Wildman–Crippen LogP) is 1.28. The van der Waals surface area contributed by atoms with E-state index in [0.29, 0.717) is 19.6 Å². The number of hydrogen-bond acceptors (Lipinski definition) is 4. The molecule has 0 aliphatic rings. The summed E-state index contributed by atoms with van der Waals surface area (Å²) < 4.78 is 9.35. The van der Waals surface area contributed by atoms with Crippen LogP contribution in [0, 0.1) is 0 Å². The molecule has 0 bridgehead atoms. The Hall–Kier alpha value is -1.06. The second-order valence-corrected chi connectivity index (χ2v) is 2.75. The molecule has 76 valence electrons. The highest BCUT2D eigenvalue weighted by Gasteiger charge is 2.07. The van der Waals surface area contributed by atoms with Crippen LogP contribution in [-0.4, -0.2) is 25.7 Å². The number of carbonyl (C=O) groups excluding carboxylic acids is 2. The van der Waals surface area contributed by atoms with Crippen LogP contribution < -0.4 is 0 Å². The molecule has 0 unspecified atom stereocenters. The zero-order valence-electron chi connectivity index (χ0n) is 7.90. The highest BCUT2D eigenvalue weighted by molar-refractivity contribution is 5.37. The van der Waals surface area contributed by atoms with Gasteiger partial charge in [-0.3, -0.25) is 9.59 Å². The minimum atomic E-state index is -0.0299. The van der Waals surface area contributed by atoms with E-state index in [-0.39, 0.29) is 6.10 Å². The van der Waals surface area contributed by atoms with Crippen LogP contribution in [0.15, 0.2) is 0 Å². The van der Waals surface area contributed by atoms with Gasteiger partial charge in [-0.1, -0.05) is 13.3 Å². The van der Waals surface area contributed by atoms with Crippen LogP contribution in [0.1, 0.15) is 32.6 Å². The number of carbonyl (C=O) groups is 2. The normalized spacial score (nSPS) is 11.8. The smallest absolute Gasteiger partial charge is 0.293 e. The van der Waals surface area contributed by atoms with Gasteiger partial charge in [0.05, 0.1) is 6.61 Å². The van der Waals surface area contributed by atoms with Gasteiger partial charge in [0.1, 0.15) is 6.10 Å². The number of ether oxygens (including phenoxy) is 2. The second-order valence-electron chi connectivity index (χ2n) is 2.75. The van der Waals surface area contributed by atoms with Gasteiger partial charge in [0.25, 0.3) is 12.9 Å². The van der Waals surface area contributed by atoms with Crippen molar-refractivity contribution in [1.29, 1.82) is 0 Å². The molecule has 0 aromatic carbocycles. The lowest BCUT2D eigenvalue weighted by Gasteiger charge is -2.13. The summed E-state index contributed by atoms with van der Waals surface area (Å²) in [4.78, 5) is 19.9. The van der Waals surface area contributed by atoms with E-state index in [0.717, 1.165) is 25.7 Å². The quantitative estimate of drug-likeness (QED) is 0.404. The van der Waals surface area contributed by atoms with Gasteiger partial charge in [-0.25, -0.2) is 0 Å². The summed E-state index contributed by atoms with van der Waals surface area (Å²) in [6.45, 7) is 3.32. The van der Waals surface area contributed by atoms with E-state index in [9.17, 15) is 9.59 Å². The Kier molecular flexibility index (Phi) is 8.30. The molecule has 4 heteroatoms. The van der Waals surface area contributed by atoms with Crippen molar-refractivity contribution in [3.05, 3.63) is 0 Å². The zero-order chi connectivity index (χ0) is 9.94. The van der Waals surface area contributed by atoms with E-state index < -0.39 is 0 Å². The highest BCUT2D eigenvalue weighted by Crippen LogP contribution is 2.08. The lowest BCUT2D eigenvalue weighted by molar-refractivity contribution is -0.135. The van der Waals surface area contributed by atoms with Gasteiger partial charge >= 0.3 is 0 Å². The molecule has 0 fully saturated rings. The lowest BCUT2D eigenvalue weighted by atomic mass is 10.1. The third kappa shape index (κ3) is 7.31. The Morgan fingerprint density at radius 2 is 2.00 bits per heavy atom. The Balaban J connectivity index is 3.43. The summed E-state index contributed by atoms with van der Waals surface area (Å²) in [7, 11) is 0. The van der Waals surface area contributed by atoms with Crippen molar-refractivity contribution in [1.82, 2.24) is 0 Å². The van der Waals surface area contributed by atoms with Gasteiger partial charge in [0.2, 0.25) is 0 Å². The molecule has 0 aromatic heterocycles. The van der Waals surface area contributed by atoms with Crippen LogP contribution in [0.25, 0.3) is 0 Å². The molecule has 0 N–H and O–H groups in total. The van der Waals surface area contributed by atoms with E-state index in [1.807, 2.05) is 6.92 Å². The maximum atomic E-state index is 10.1. The molecular formula is C9H16O4. The Morgan fingerprint density at radius 3 is 2.54 bits per heavy atom. The standard InChI is InChI=1S/C9H16O4/c1-2-4-9(13-8-11)5-3-6-12-7-10/h7-9H,2-6H2,1H3/t9-/m1/s1. The maximum Gasteiger partial charge on any atom is 0.293 e. The van der Waals surface area contributed by atoms with Gasteiger partial charge < -0.3 is 9.47 Å². The fourth-order valence-corrected chi connectivity index (χ4v) is 1.12. The van der Waals surface area contributed by atoms with E-state index in [1.54, 1.807) is 0 Å². The fraction of sp³-hybridized carbons (Fsp3) is 0.778. The Bertz CT molecular complexity index is 136. The summed E-state index contributed by atoms with van der Waals surface area (Å²) in [5.74, 6) is 0. The van der Waals surface area contributed by atoms with Crippen molar-refractivity contribution in [3.63, 3.8) is 0 Å². The molecule has 13 heavy (non-hydrogen) atoms. The molecule has 0 aliphatic heterocycles. The highest BCUT2D eigenvalue weighted by atomic mass is 16.5. The minimum Gasteiger partial charge on any atom is -0.468 e. The molecule has 0 aliphatic carbocycles. The monoisotopic (exact) mass is 188 g/mol. The SMILES string of the molecule is CCC[C@H](CCCOC=O)OC=O. The van der Waals surface area contributed by atoms with E-state index >= 15 is 0 Å². The first-order chi connectivity index (χ1) is 6.35. The minimum absolute atomic E-state index is 0.0299. The second kappa shape index (κ2) is 9.03. The Morgan fingerprint density at radius 1 is 1.23 bits per heavy atom. The van der Waals surface area contributed by atoms with Crippen molar-refractivity contribution in [2.75, 3.05) is 6.61 Å². The predicted molar refractivity (Wildman–Crippen MR) is 47.1 cm³/mol. The van der Waals surface area contributed by atoms with Gasteiger partial charge in [-0.2, -0.15) is 0 Å². The van der Waals surface area contributed by atoms with Crippen LogP contribution in [0.5, 0.6) is 0 Å². The van der Waals surface area contributed by atoms with Crippen LogP contribution in [-0.2, 0) is 19.1 Å². The lowest BCUT2D eigenvalue weighted by Crippen LogP contribution is -2.12. The fourth-order valence-electron chi connectivity index (χ4n) is 1.12. The van der Waals surface area contributed by atoms with E-state index in [2.05, 4.69) is 4.74 Å². The van der Waals surface area contributed by atoms with Crippen molar-refractivity contribution < 1.29 is 19.1 Å². The van der Waals surface area contributed by atoms with Gasteiger partial charge in [-0.15, -0.1) is 0 Å². The van der Waals surface area contributed by atoms with Gasteiger partial charge in [0.15, 0.2) is 0 Å². The third-order valence-corrected chi connectivity index (χ3v) is 1.71. The van der Waals surface area contributed by atoms with Crippen LogP contribution in [0.4, 0.5) is 0 Å². The van der Waals surface area contributed by atoms with Crippen LogP contribution >= 0.6 is 0 Å². The maximum absolute atomic E-state index is 10.1. The van der Waals surface area contributed by atoms with Crippen molar-refractivity contribution in [3.8, 4) is 0 Å². The summed E-state index contributed by atoms with van der Waals surface area (Å²) in [6, 6.07) is 0. The molecular weight excluding hydrogens is 172 g/mol. The summed E-state index contributed by atoms with van der Waals surface area (Å²) in [5, 5.41) is 0. The average molecular weight is 188 g/mol. The first kappa shape index (κ1) is 11.9. The topological polar surface area (TPSA) is 52.6 Å². The summed E-state index contributed by atoms with van der Waals surface area (Å²) in [6.07, 6.45) is 3.29. The Labute approximate surface area is 78.2 Å². The van der Waals surface area contributed by atoms with Crippen molar-refractivity contribution in [2.45, 2.75) is 38.7 Å². The molecule has 0 heterocycles. The van der Waals surface area contributed by atoms with Gasteiger partial charge in [-0.05, 0) is 19.3 Å².